The van der Waals surface area contributed by atoms with Crippen LogP contribution in [0, 0.1) is 13.8 Å². The van der Waals surface area contributed by atoms with E-state index in [1.807, 2.05) is 17.7 Å². The third kappa shape index (κ3) is 3.26. The molecule has 1 N–H and O–H groups in total. The number of carbonyl (C=O) groups is 1. The monoisotopic (exact) mass is 293 g/mol. The average Bonchev–Trinajstić information content (AvgIpc) is 2.99. The lowest BCUT2D eigenvalue weighted by molar-refractivity contribution is -0.124. The molecule has 6 heteroatoms. The molecule has 0 aliphatic heterocycles. The van der Waals surface area contributed by atoms with Crippen molar-refractivity contribution in [2.24, 2.45) is 0 Å². The smallest absolute Gasteiger partial charge is 0.246 e. The van der Waals surface area contributed by atoms with Crippen LogP contribution >= 0.6 is 11.3 Å². The summed E-state index contributed by atoms with van der Waals surface area (Å²) >= 11 is 1.71. The lowest BCUT2D eigenvalue weighted by atomic mass is 10.1. The first kappa shape index (κ1) is 14.7. The first-order valence-electron chi connectivity index (χ1n) is 6.47. The minimum atomic E-state index is -0.104. The number of nitrogens with one attached hydrogen (secondary N) is 1. The lowest BCUT2D eigenvalue weighted by Gasteiger charge is -2.07. The molecular weight excluding hydrogens is 274 g/mol. The number of hydrogen-bond acceptors (Lipinski definition) is 4. The molecule has 2 heterocycles. The summed E-state index contributed by atoms with van der Waals surface area (Å²) in [7, 11) is 1.51. The summed E-state index contributed by atoms with van der Waals surface area (Å²) in [5.74, 6) is -0.104. The number of amides is 1. The van der Waals surface area contributed by atoms with Gasteiger partial charge in [0.15, 0.2) is 0 Å². The molecule has 5 nitrogen and oxygen atoms in total. The fourth-order valence-electron chi connectivity index (χ4n) is 2.18. The Morgan fingerprint density at radius 1 is 1.50 bits per heavy atom. The molecule has 0 atom stereocenters. The van der Waals surface area contributed by atoms with E-state index in [1.165, 1.54) is 17.6 Å². The van der Waals surface area contributed by atoms with Gasteiger partial charge in [-0.25, -0.2) is 0 Å². The van der Waals surface area contributed by atoms with Crippen molar-refractivity contribution in [1.29, 1.82) is 0 Å². The van der Waals surface area contributed by atoms with Gasteiger partial charge in [-0.15, -0.1) is 11.3 Å². The number of hydrogen-bond donors (Lipinski definition) is 1. The van der Waals surface area contributed by atoms with Gasteiger partial charge in [-0.05, 0) is 25.3 Å². The maximum atomic E-state index is 11.3. The van der Waals surface area contributed by atoms with Crippen LogP contribution in [0.1, 0.15) is 11.4 Å². The van der Waals surface area contributed by atoms with Crippen molar-refractivity contribution in [3.63, 3.8) is 0 Å². The van der Waals surface area contributed by atoms with E-state index in [0.29, 0.717) is 13.1 Å². The van der Waals surface area contributed by atoms with E-state index in [4.69, 9.17) is 4.74 Å². The standard InChI is InChI=1S/C14H19N3O2S/c1-10-14(12-5-4-8-20-12)11(2)17(16-10)7-6-15-13(18)9-19-3/h4-5,8H,6-7,9H2,1-3H3,(H,15,18). The molecule has 1 amide bonds. The van der Waals surface area contributed by atoms with Crippen LogP contribution in [0.3, 0.4) is 0 Å². The van der Waals surface area contributed by atoms with Gasteiger partial charge in [0.05, 0.1) is 12.2 Å². The highest BCUT2D eigenvalue weighted by Gasteiger charge is 2.13. The number of aromatic nitrogens is 2. The van der Waals surface area contributed by atoms with Crippen molar-refractivity contribution in [3.8, 4) is 10.4 Å². The molecule has 0 aliphatic rings. The number of ether oxygens (including phenoxy) is 1. The third-order valence-electron chi connectivity index (χ3n) is 3.07. The van der Waals surface area contributed by atoms with E-state index >= 15 is 0 Å². The Bertz CT molecular complexity index is 576. The number of carbonyl (C=O) groups excluding carboxylic acids is 1. The second-order valence-corrected chi connectivity index (χ2v) is 5.48. The molecule has 0 fully saturated rings. The Morgan fingerprint density at radius 3 is 2.95 bits per heavy atom. The van der Waals surface area contributed by atoms with Crippen molar-refractivity contribution in [2.45, 2.75) is 20.4 Å². The maximum absolute atomic E-state index is 11.3. The SMILES string of the molecule is COCC(=O)NCCn1nc(C)c(-c2cccs2)c1C. The molecule has 0 aliphatic carbocycles. The first-order valence-corrected chi connectivity index (χ1v) is 7.35. The zero-order valence-electron chi connectivity index (χ0n) is 12.0. The molecule has 108 valence electrons. The maximum Gasteiger partial charge on any atom is 0.246 e. The molecule has 0 saturated heterocycles. The molecule has 2 aromatic heterocycles. The summed E-state index contributed by atoms with van der Waals surface area (Å²) in [6.45, 7) is 5.38. The number of aryl methyl sites for hydroxylation is 1. The van der Waals surface area contributed by atoms with Gasteiger partial charge in [0.2, 0.25) is 5.91 Å². The zero-order chi connectivity index (χ0) is 14.5. The van der Waals surface area contributed by atoms with Crippen molar-refractivity contribution in [2.75, 3.05) is 20.3 Å². The van der Waals surface area contributed by atoms with Gasteiger partial charge >= 0.3 is 0 Å². The van der Waals surface area contributed by atoms with Gasteiger partial charge in [-0.3, -0.25) is 9.48 Å². The molecule has 2 aromatic rings. The van der Waals surface area contributed by atoms with Crippen molar-refractivity contribution in [3.05, 3.63) is 28.9 Å². The van der Waals surface area contributed by atoms with Crippen molar-refractivity contribution < 1.29 is 9.53 Å². The van der Waals surface area contributed by atoms with Crippen molar-refractivity contribution in [1.82, 2.24) is 15.1 Å². The van der Waals surface area contributed by atoms with Crippen LogP contribution in [0.2, 0.25) is 0 Å². The Labute approximate surface area is 122 Å². The average molecular weight is 293 g/mol. The van der Waals surface area contributed by atoms with Gasteiger partial charge in [0.1, 0.15) is 6.61 Å². The second kappa shape index (κ2) is 6.67. The van der Waals surface area contributed by atoms with E-state index in [9.17, 15) is 4.79 Å². The highest BCUT2D eigenvalue weighted by molar-refractivity contribution is 7.13. The Balaban J connectivity index is 2.03. The molecule has 0 spiro atoms. The topological polar surface area (TPSA) is 56.1 Å². The van der Waals surface area contributed by atoms with E-state index in [0.717, 1.165) is 11.4 Å². The number of thiophene rings is 1. The highest BCUT2D eigenvalue weighted by atomic mass is 32.1. The highest BCUT2D eigenvalue weighted by Crippen LogP contribution is 2.30. The molecule has 0 unspecified atom stereocenters. The zero-order valence-corrected chi connectivity index (χ0v) is 12.8. The fraction of sp³-hybridized carbons (Fsp3) is 0.429. The van der Waals surface area contributed by atoms with E-state index in [1.54, 1.807) is 11.3 Å². The predicted molar refractivity (Wildman–Crippen MR) is 79.9 cm³/mol. The summed E-state index contributed by atoms with van der Waals surface area (Å²) in [6, 6.07) is 4.15. The van der Waals surface area contributed by atoms with Crippen LogP contribution in [0.5, 0.6) is 0 Å². The van der Waals surface area contributed by atoms with Crippen LogP contribution < -0.4 is 5.32 Å². The van der Waals surface area contributed by atoms with E-state index in [-0.39, 0.29) is 12.5 Å². The summed E-state index contributed by atoms with van der Waals surface area (Å²) in [6.07, 6.45) is 0. The molecule has 0 saturated carbocycles. The van der Waals surface area contributed by atoms with Gasteiger partial charge < -0.3 is 10.1 Å². The van der Waals surface area contributed by atoms with Gasteiger partial charge in [-0.1, -0.05) is 6.07 Å². The van der Waals surface area contributed by atoms with E-state index in [2.05, 4.69) is 28.8 Å². The number of methoxy groups -OCH3 is 1. The van der Waals surface area contributed by atoms with Crippen LogP contribution in [0.4, 0.5) is 0 Å². The Kier molecular flexibility index (Phi) is 4.92. The second-order valence-electron chi connectivity index (χ2n) is 4.53. The van der Waals surface area contributed by atoms with Crippen LogP contribution in [0.25, 0.3) is 10.4 Å². The first-order chi connectivity index (χ1) is 9.63. The van der Waals surface area contributed by atoms with Crippen LogP contribution in [-0.4, -0.2) is 35.9 Å². The molecule has 0 bridgehead atoms. The number of rotatable bonds is 6. The quantitative estimate of drug-likeness (QED) is 0.886. The van der Waals surface area contributed by atoms with Gasteiger partial charge in [0, 0.05) is 29.8 Å². The normalized spacial score (nSPS) is 10.8. The lowest BCUT2D eigenvalue weighted by Crippen LogP contribution is -2.30. The Morgan fingerprint density at radius 2 is 2.30 bits per heavy atom. The summed E-state index contributed by atoms with van der Waals surface area (Å²) in [5.41, 5.74) is 3.35. The van der Waals surface area contributed by atoms with Crippen molar-refractivity contribution >= 4 is 17.2 Å². The third-order valence-corrected chi connectivity index (χ3v) is 3.96. The summed E-state index contributed by atoms with van der Waals surface area (Å²) in [4.78, 5) is 12.5. The molecule has 20 heavy (non-hydrogen) atoms. The molecule has 0 aromatic carbocycles. The number of nitrogens with zero attached hydrogens (tertiary/aromatic N) is 2. The predicted octanol–water partition coefficient (Wildman–Crippen LogP) is 1.99. The van der Waals surface area contributed by atoms with Gasteiger partial charge in [0.25, 0.3) is 0 Å². The fourth-order valence-corrected chi connectivity index (χ4v) is 3.05. The molecule has 0 radical (unpaired) electrons. The van der Waals surface area contributed by atoms with E-state index < -0.39 is 0 Å². The van der Waals surface area contributed by atoms with Crippen LogP contribution in [0.15, 0.2) is 17.5 Å². The Hall–Kier alpha value is -1.66. The largest absolute Gasteiger partial charge is 0.375 e. The van der Waals surface area contributed by atoms with Crippen LogP contribution in [-0.2, 0) is 16.1 Å². The van der Waals surface area contributed by atoms with Gasteiger partial charge in [-0.2, -0.15) is 5.10 Å². The summed E-state index contributed by atoms with van der Waals surface area (Å²) in [5, 5.41) is 9.42. The molecule has 2 rings (SSSR count). The summed E-state index contributed by atoms with van der Waals surface area (Å²) < 4.78 is 6.71. The molecular formula is C14H19N3O2S. The minimum Gasteiger partial charge on any atom is -0.375 e. The minimum absolute atomic E-state index is 0.0948.